The van der Waals surface area contributed by atoms with Crippen LogP contribution in [0.15, 0.2) is 24.3 Å². The molecule has 0 spiro atoms. The third-order valence-corrected chi connectivity index (χ3v) is 8.74. The zero-order valence-corrected chi connectivity index (χ0v) is 20.2. The van der Waals surface area contributed by atoms with Crippen LogP contribution in [0.1, 0.15) is 56.9 Å². The maximum atomic E-state index is 13.1. The normalized spacial score (nSPS) is 30.1. The van der Waals surface area contributed by atoms with Crippen molar-refractivity contribution in [3.63, 3.8) is 0 Å². The van der Waals surface area contributed by atoms with Crippen molar-refractivity contribution < 1.29 is 19.1 Å². The second-order valence-corrected chi connectivity index (χ2v) is 11.1. The van der Waals surface area contributed by atoms with E-state index >= 15 is 0 Å². The van der Waals surface area contributed by atoms with Crippen molar-refractivity contribution in [1.29, 1.82) is 0 Å². The lowest BCUT2D eigenvalue weighted by atomic mass is 9.49. The Balaban J connectivity index is 1.05. The quantitative estimate of drug-likeness (QED) is 0.646. The topological polar surface area (TPSA) is 87.7 Å². The lowest BCUT2D eigenvalue weighted by Gasteiger charge is -2.55. The summed E-state index contributed by atoms with van der Waals surface area (Å²) in [6.07, 6.45) is 8.23. The molecule has 1 aliphatic heterocycles. The highest BCUT2D eigenvalue weighted by molar-refractivity contribution is 5.88. The summed E-state index contributed by atoms with van der Waals surface area (Å²) in [6.45, 7) is 1.66. The number of nitrogens with one attached hydrogen (secondary N) is 2. The fraction of sp³-hybridized carbons (Fsp3) is 0.667. The highest BCUT2D eigenvalue weighted by Gasteiger charge is 2.54. The molecule has 0 unspecified atom stereocenters. The highest BCUT2D eigenvalue weighted by atomic mass is 16.5. The summed E-state index contributed by atoms with van der Waals surface area (Å²) in [5.74, 6) is 2.92. The Bertz CT molecular complexity index is 902. The predicted molar refractivity (Wildman–Crippen MR) is 128 cm³/mol. The first-order valence-electron chi connectivity index (χ1n) is 12.9. The highest BCUT2D eigenvalue weighted by Crippen LogP contribution is 2.60. The van der Waals surface area contributed by atoms with Gasteiger partial charge in [0.15, 0.2) is 0 Å². The number of methoxy groups -OCH3 is 1. The van der Waals surface area contributed by atoms with Crippen molar-refractivity contribution in [2.45, 2.75) is 57.9 Å². The first-order valence-corrected chi connectivity index (χ1v) is 12.9. The zero-order valence-electron chi connectivity index (χ0n) is 20.2. The average Bonchev–Trinajstić information content (AvgIpc) is 2.85. The van der Waals surface area contributed by atoms with Crippen LogP contribution in [-0.4, -0.2) is 49.4 Å². The molecule has 7 heteroatoms. The van der Waals surface area contributed by atoms with E-state index in [0.717, 1.165) is 30.6 Å². The van der Waals surface area contributed by atoms with Crippen LogP contribution in [0.5, 0.6) is 5.75 Å². The van der Waals surface area contributed by atoms with Crippen LogP contribution in [0.2, 0.25) is 0 Å². The van der Waals surface area contributed by atoms with E-state index in [9.17, 15) is 14.4 Å². The van der Waals surface area contributed by atoms with Crippen LogP contribution in [0.25, 0.3) is 0 Å². The van der Waals surface area contributed by atoms with Gasteiger partial charge in [0.2, 0.25) is 17.7 Å². The molecule has 0 radical (unpaired) electrons. The minimum absolute atomic E-state index is 0.0324. The Morgan fingerprint density at radius 2 is 1.65 bits per heavy atom. The van der Waals surface area contributed by atoms with E-state index in [4.69, 9.17) is 4.74 Å². The summed E-state index contributed by atoms with van der Waals surface area (Å²) in [7, 11) is 1.63. The van der Waals surface area contributed by atoms with E-state index in [1.54, 1.807) is 12.0 Å². The van der Waals surface area contributed by atoms with Gasteiger partial charge >= 0.3 is 0 Å². The molecule has 2 N–H and O–H groups in total. The van der Waals surface area contributed by atoms with Gasteiger partial charge in [0.1, 0.15) is 5.75 Å². The number of rotatable bonds is 7. The molecule has 3 amide bonds. The molecule has 7 nitrogen and oxygen atoms in total. The van der Waals surface area contributed by atoms with E-state index in [1.807, 2.05) is 24.3 Å². The van der Waals surface area contributed by atoms with Gasteiger partial charge in [-0.3, -0.25) is 14.4 Å². The Hall–Kier alpha value is -2.57. The molecule has 0 atom stereocenters. The molecule has 5 aliphatic rings. The van der Waals surface area contributed by atoms with Crippen molar-refractivity contribution in [2.75, 3.05) is 26.7 Å². The Labute approximate surface area is 202 Å². The number of carbonyl (C=O) groups is 3. The Morgan fingerprint density at radius 3 is 2.26 bits per heavy atom. The van der Waals surface area contributed by atoms with E-state index in [0.29, 0.717) is 50.2 Å². The summed E-state index contributed by atoms with van der Waals surface area (Å²) in [5.41, 5.74) is 0.776. The molecule has 5 fully saturated rings. The van der Waals surface area contributed by atoms with Crippen LogP contribution < -0.4 is 15.4 Å². The molecule has 1 saturated heterocycles. The minimum Gasteiger partial charge on any atom is -0.497 e. The molecule has 34 heavy (non-hydrogen) atoms. The maximum absolute atomic E-state index is 13.1. The number of hydrogen-bond acceptors (Lipinski definition) is 4. The SMILES string of the molecule is COc1cccc(CNC(=O)C2CCN(C(=O)CNC(=O)C34CC5CC(CC(C5)C3)C4)CC2)c1. The van der Waals surface area contributed by atoms with Crippen LogP contribution in [0.4, 0.5) is 0 Å². The van der Waals surface area contributed by atoms with Crippen molar-refractivity contribution in [3.05, 3.63) is 29.8 Å². The Kier molecular flexibility index (Phi) is 6.54. The zero-order chi connectivity index (χ0) is 23.7. The molecule has 1 heterocycles. The number of nitrogens with zero attached hydrogens (tertiary/aromatic N) is 1. The van der Waals surface area contributed by atoms with Crippen LogP contribution in [0, 0.1) is 29.1 Å². The summed E-state index contributed by atoms with van der Waals surface area (Å²) < 4.78 is 5.23. The van der Waals surface area contributed by atoms with Crippen molar-refractivity contribution in [2.24, 2.45) is 29.1 Å². The molecular weight excluding hydrogens is 430 g/mol. The summed E-state index contributed by atoms with van der Waals surface area (Å²) in [4.78, 5) is 40.3. The predicted octanol–water partition coefficient (Wildman–Crippen LogP) is 2.88. The van der Waals surface area contributed by atoms with Crippen molar-refractivity contribution >= 4 is 17.7 Å². The molecule has 1 aromatic rings. The molecule has 0 aromatic heterocycles. The second-order valence-electron chi connectivity index (χ2n) is 11.1. The van der Waals surface area contributed by atoms with Gasteiger partial charge in [-0.05, 0) is 86.8 Å². The number of hydrogen-bond donors (Lipinski definition) is 2. The first-order chi connectivity index (χ1) is 16.4. The fourth-order valence-electron chi connectivity index (χ4n) is 7.35. The monoisotopic (exact) mass is 467 g/mol. The lowest BCUT2D eigenvalue weighted by molar-refractivity contribution is -0.148. The smallest absolute Gasteiger partial charge is 0.241 e. The summed E-state index contributed by atoms with van der Waals surface area (Å²) in [5, 5.41) is 6.01. The van der Waals surface area contributed by atoms with E-state index in [2.05, 4.69) is 10.6 Å². The van der Waals surface area contributed by atoms with E-state index in [-0.39, 0.29) is 35.6 Å². The number of likely N-dealkylation sites (tertiary alicyclic amines) is 1. The summed E-state index contributed by atoms with van der Waals surface area (Å²) >= 11 is 0. The second kappa shape index (κ2) is 9.59. The van der Waals surface area contributed by atoms with Gasteiger partial charge < -0.3 is 20.3 Å². The number of carbonyl (C=O) groups excluding carboxylic acids is 3. The van der Waals surface area contributed by atoms with Crippen LogP contribution in [-0.2, 0) is 20.9 Å². The van der Waals surface area contributed by atoms with Gasteiger partial charge in [-0.1, -0.05) is 12.1 Å². The fourth-order valence-corrected chi connectivity index (χ4v) is 7.35. The van der Waals surface area contributed by atoms with Gasteiger partial charge in [-0.2, -0.15) is 0 Å². The Morgan fingerprint density at radius 1 is 1.00 bits per heavy atom. The first kappa shape index (κ1) is 23.2. The molecular formula is C27H37N3O4. The van der Waals surface area contributed by atoms with E-state index < -0.39 is 0 Å². The maximum Gasteiger partial charge on any atom is 0.241 e. The van der Waals surface area contributed by atoms with Gasteiger partial charge in [0.25, 0.3) is 0 Å². The number of ether oxygens (including phenoxy) is 1. The molecule has 4 aliphatic carbocycles. The molecule has 4 saturated carbocycles. The standard InChI is InChI=1S/C27H37N3O4/c1-34-23-4-2-3-18(12-23)16-28-25(32)22-5-7-30(8-6-22)24(31)17-29-26(33)27-13-19-9-20(14-27)11-21(10-19)15-27/h2-4,12,19-22H,5-11,13-17H2,1H3,(H,28,32)(H,29,33). The average molecular weight is 468 g/mol. The van der Waals surface area contributed by atoms with Gasteiger partial charge in [-0.15, -0.1) is 0 Å². The van der Waals surface area contributed by atoms with Crippen molar-refractivity contribution in [1.82, 2.24) is 15.5 Å². The molecule has 4 bridgehead atoms. The molecule has 184 valence electrons. The van der Waals surface area contributed by atoms with Crippen molar-refractivity contribution in [3.8, 4) is 5.75 Å². The molecule has 1 aromatic carbocycles. The van der Waals surface area contributed by atoms with Gasteiger partial charge in [-0.25, -0.2) is 0 Å². The van der Waals surface area contributed by atoms with Crippen LogP contribution in [0.3, 0.4) is 0 Å². The minimum atomic E-state index is -0.219. The third kappa shape index (κ3) is 4.80. The van der Waals surface area contributed by atoms with E-state index in [1.165, 1.54) is 19.3 Å². The van der Waals surface area contributed by atoms with Gasteiger partial charge in [0, 0.05) is 31.0 Å². The summed E-state index contributed by atoms with van der Waals surface area (Å²) in [6, 6.07) is 7.66. The third-order valence-electron chi connectivity index (χ3n) is 8.74. The molecule has 6 rings (SSSR count). The number of benzene rings is 1. The van der Waals surface area contributed by atoms with Crippen LogP contribution >= 0.6 is 0 Å². The number of piperidine rings is 1. The number of amides is 3. The largest absolute Gasteiger partial charge is 0.497 e. The lowest BCUT2D eigenvalue weighted by Crippen LogP contribution is -2.55. The van der Waals surface area contributed by atoms with Gasteiger partial charge in [0.05, 0.1) is 13.7 Å².